The van der Waals surface area contributed by atoms with Gasteiger partial charge in [0.05, 0.1) is 0 Å². The molecule has 1 heterocycles. The van der Waals surface area contributed by atoms with Crippen LogP contribution in [0.3, 0.4) is 0 Å². The van der Waals surface area contributed by atoms with E-state index in [1.165, 1.54) is 11.3 Å². The van der Waals surface area contributed by atoms with Crippen LogP contribution in [0, 0.1) is 0 Å². The highest BCUT2D eigenvalue weighted by atomic mass is 15.1. The van der Waals surface area contributed by atoms with E-state index in [4.69, 9.17) is 0 Å². The van der Waals surface area contributed by atoms with Crippen molar-refractivity contribution in [2.24, 2.45) is 0 Å². The zero-order chi connectivity index (χ0) is 11.5. The molecule has 1 aromatic rings. The highest BCUT2D eigenvalue weighted by molar-refractivity contribution is 5.58. The first-order valence-corrected chi connectivity index (χ1v) is 6.38. The van der Waals surface area contributed by atoms with Gasteiger partial charge >= 0.3 is 0 Å². The van der Waals surface area contributed by atoms with Crippen LogP contribution in [0.2, 0.25) is 0 Å². The molecule has 16 heavy (non-hydrogen) atoms. The topological polar surface area (TPSA) is 15.3 Å². The molecule has 1 aromatic carbocycles. The van der Waals surface area contributed by atoms with Crippen molar-refractivity contribution in [3.05, 3.63) is 29.3 Å². The molecule has 0 fully saturated rings. The Kier molecular flexibility index (Phi) is 3.49. The summed E-state index contributed by atoms with van der Waals surface area (Å²) in [6.45, 7) is 10.0. The van der Waals surface area contributed by atoms with Crippen molar-refractivity contribution >= 4 is 5.69 Å². The Morgan fingerprint density at radius 1 is 1.31 bits per heavy atom. The van der Waals surface area contributed by atoms with Gasteiger partial charge in [0.25, 0.3) is 0 Å². The maximum atomic E-state index is 3.52. The molecular formula is C14H22N2. The molecule has 0 saturated heterocycles. The number of nitrogens with zero attached hydrogens (tertiary/aromatic N) is 1. The Bertz CT molecular complexity index is 356. The molecule has 88 valence electrons. The molecule has 0 bridgehead atoms. The number of fused-ring (bicyclic) bond motifs is 1. The monoisotopic (exact) mass is 218 g/mol. The second-order valence-electron chi connectivity index (χ2n) is 4.44. The fourth-order valence-electron chi connectivity index (χ4n) is 2.65. The van der Waals surface area contributed by atoms with Crippen LogP contribution in [0.25, 0.3) is 0 Å². The van der Waals surface area contributed by atoms with E-state index in [9.17, 15) is 0 Å². The van der Waals surface area contributed by atoms with Crippen molar-refractivity contribution < 1.29 is 0 Å². The summed E-state index contributed by atoms with van der Waals surface area (Å²) in [6, 6.07) is 7.22. The molecule has 0 radical (unpaired) electrons. The van der Waals surface area contributed by atoms with Crippen molar-refractivity contribution in [2.75, 3.05) is 24.5 Å². The molecule has 0 saturated carbocycles. The lowest BCUT2D eigenvalue weighted by atomic mass is 9.93. The molecule has 0 spiro atoms. The fourth-order valence-corrected chi connectivity index (χ4v) is 2.65. The molecule has 0 aromatic heterocycles. The molecule has 2 heteroatoms. The van der Waals surface area contributed by atoms with E-state index in [0.29, 0.717) is 6.04 Å². The van der Waals surface area contributed by atoms with Gasteiger partial charge in [0.15, 0.2) is 0 Å². The average molecular weight is 218 g/mol. The second kappa shape index (κ2) is 4.88. The van der Waals surface area contributed by atoms with Crippen LogP contribution >= 0.6 is 0 Å². The van der Waals surface area contributed by atoms with Crippen LogP contribution in [0.5, 0.6) is 0 Å². The number of rotatable bonds is 3. The van der Waals surface area contributed by atoms with Crippen molar-refractivity contribution in [1.29, 1.82) is 0 Å². The Morgan fingerprint density at radius 3 is 2.75 bits per heavy atom. The van der Waals surface area contributed by atoms with Gasteiger partial charge in [0, 0.05) is 24.8 Å². The Morgan fingerprint density at radius 2 is 2.06 bits per heavy atom. The summed E-state index contributed by atoms with van der Waals surface area (Å²) in [5.41, 5.74) is 4.48. The van der Waals surface area contributed by atoms with Gasteiger partial charge in [-0.1, -0.05) is 12.1 Å². The highest BCUT2D eigenvalue weighted by Gasteiger charge is 2.19. The number of benzene rings is 1. The molecule has 1 N–H and O–H groups in total. The number of nitrogens with one attached hydrogen (secondary N) is 1. The Balaban J connectivity index is 2.42. The van der Waals surface area contributed by atoms with Crippen LogP contribution in [-0.4, -0.2) is 19.6 Å². The van der Waals surface area contributed by atoms with Crippen molar-refractivity contribution in [3.8, 4) is 0 Å². The predicted octanol–water partition coefficient (Wildman–Crippen LogP) is 2.74. The predicted molar refractivity (Wildman–Crippen MR) is 70.1 cm³/mol. The fraction of sp³-hybridized carbons (Fsp3) is 0.571. The van der Waals surface area contributed by atoms with Gasteiger partial charge < -0.3 is 10.2 Å². The van der Waals surface area contributed by atoms with Gasteiger partial charge in [-0.15, -0.1) is 0 Å². The van der Waals surface area contributed by atoms with E-state index >= 15 is 0 Å². The van der Waals surface area contributed by atoms with Crippen LogP contribution in [0.1, 0.15) is 37.9 Å². The first-order chi connectivity index (χ1) is 7.77. The van der Waals surface area contributed by atoms with Gasteiger partial charge in [-0.05, 0) is 50.9 Å². The minimum absolute atomic E-state index is 0.499. The molecule has 0 amide bonds. The lowest BCUT2D eigenvalue weighted by Gasteiger charge is -2.30. The van der Waals surface area contributed by atoms with Crippen molar-refractivity contribution in [3.63, 3.8) is 0 Å². The average Bonchev–Trinajstić information content (AvgIpc) is 2.32. The summed E-state index contributed by atoms with van der Waals surface area (Å²) in [5, 5.41) is 3.52. The van der Waals surface area contributed by atoms with E-state index in [1.54, 1.807) is 5.56 Å². The van der Waals surface area contributed by atoms with Gasteiger partial charge in [0.2, 0.25) is 0 Å². The largest absolute Gasteiger partial charge is 0.372 e. The third-order valence-electron chi connectivity index (χ3n) is 3.58. The molecule has 1 aliphatic heterocycles. The van der Waals surface area contributed by atoms with Gasteiger partial charge in [-0.2, -0.15) is 0 Å². The minimum Gasteiger partial charge on any atom is -0.372 e. The van der Waals surface area contributed by atoms with Gasteiger partial charge in [-0.3, -0.25) is 0 Å². The van der Waals surface area contributed by atoms with Crippen LogP contribution < -0.4 is 10.2 Å². The molecule has 1 atom stereocenters. The molecule has 1 aliphatic rings. The van der Waals surface area contributed by atoms with E-state index in [-0.39, 0.29) is 0 Å². The summed E-state index contributed by atoms with van der Waals surface area (Å²) >= 11 is 0. The molecule has 2 rings (SSSR count). The minimum atomic E-state index is 0.499. The van der Waals surface area contributed by atoms with E-state index in [2.05, 4.69) is 49.2 Å². The smallest absolute Gasteiger partial charge is 0.0402 e. The third kappa shape index (κ3) is 1.94. The van der Waals surface area contributed by atoms with Crippen molar-refractivity contribution in [1.82, 2.24) is 5.32 Å². The number of hydrogen-bond donors (Lipinski definition) is 1. The van der Waals surface area contributed by atoms with E-state index in [1.807, 2.05) is 0 Å². The van der Waals surface area contributed by atoms with Crippen LogP contribution in [-0.2, 0) is 6.42 Å². The maximum Gasteiger partial charge on any atom is 0.0402 e. The molecule has 1 unspecified atom stereocenters. The summed E-state index contributed by atoms with van der Waals surface area (Å²) in [7, 11) is 0. The Labute approximate surface area is 98.7 Å². The van der Waals surface area contributed by atoms with Crippen molar-refractivity contribution in [2.45, 2.75) is 33.2 Å². The number of hydrogen-bond acceptors (Lipinski definition) is 2. The normalized spacial score (nSPS) is 19.3. The van der Waals surface area contributed by atoms with Crippen LogP contribution in [0.4, 0.5) is 5.69 Å². The lowest BCUT2D eigenvalue weighted by molar-refractivity contribution is 0.540. The summed E-state index contributed by atoms with van der Waals surface area (Å²) < 4.78 is 0. The molecular weight excluding hydrogens is 196 g/mol. The van der Waals surface area contributed by atoms with E-state index < -0.39 is 0 Å². The first kappa shape index (κ1) is 11.5. The zero-order valence-corrected chi connectivity index (χ0v) is 10.6. The highest BCUT2D eigenvalue weighted by Crippen LogP contribution is 2.30. The number of anilines is 1. The lowest BCUT2D eigenvalue weighted by Crippen LogP contribution is -2.31. The summed E-state index contributed by atoms with van der Waals surface area (Å²) in [6.07, 6.45) is 1.16. The van der Waals surface area contributed by atoms with Gasteiger partial charge in [0.1, 0.15) is 0 Å². The summed E-state index contributed by atoms with van der Waals surface area (Å²) in [5.74, 6) is 0. The van der Waals surface area contributed by atoms with Gasteiger partial charge in [-0.25, -0.2) is 0 Å². The summed E-state index contributed by atoms with van der Waals surface area (Å²) in [4.78, 5) is 2.46. The quantitative estimate of drug-likeness (QED) is 0.839. The van der Waals surface area contributed by atoms with Crippen LogP contribution in [0.15, 0.2) is 18.2 Å². The van der Waals surface area contributed by atoms with E-state index in [0.717, 1.165) is 26.1 Å². The molecule has 0 aliphatic carbocycles. The second-order valence-corrected chi connectivity index (χ2v) is 4.44. The Hall–Kier alpha value is -1.02. The first-order valence-electron chi connectivity index (χ1n) is 6.38. The standard InChI is InChI=1S/C14H22N2/c1-4-16(5-2)14-8-6-7-12-11(3)15-10-9-13(12)14/h6-8,11,15H,4-5,9-10H2,1-3H3. The zero-order valence-electron chi connectivity index (χ0n) is 10.6. The molecule has 2 nitrogen and oxygen atoms in total. The third-order valence-corrected chi connectivity index (χ3v) is 3.58. The SMILES string of the molecule is CCN(CC)c1cccc2c1CCNC2C. The maximum absolute atomic E-state index is 3.52.